The van der Waals surface area contributed by atoms with Crippen LogP contribution in [0.25, 0.3) is 22.2 Å². The summed E-state index contributed by atoms with van der Waals surface area (Å²) in [5.74, 6) is 0.920. The number of piperidine rings is 1. The Morgan fingerprint density at radius 1 is 1.08 bits per heavy atom. The second kappa shape index (κ2) is 9.29. The van der Waals surface area contributed by atoms with Crippen molar-refractivity contribution in [1.29, 1.82) is 0 Å². The number of ether oxygens (including phenoxy) is 1. The van der Waals surface area contributed by atoms with E-state index in [-0.39, 0.29) is 28.4 Å². The van der Waals surface area contributed by atoms with E-state index in [1.165, 1.54) is 38.2 Å². The number of anilines is 2. The van der Waals surface area contributed by atoms with E-state index in [4.69, 9.17) is 9.72 Å². The first-order chi connectivity index (χ1) is 18.5. The fourth-order valence-electron chi connectivity index (χ4n) is 7.53. The molecule has 2 aromatic heterocycles. The molecule has 1 aliphatic carbocycles. The van der Waals surface area contributed by atoms with Crippen molar-refractivity contribution < 1.29 is 13.5 Å². The average Bonchev–Trinajstić information content (AvgIpc) is 3.61. The van der Waals surface area contributed by atoms with Crippen molar-refractivity contribution in [2.75, 3.05) is 50.1 Å². The number of para-hydroxylation sites is 1. The van der Waals surface area contributed by atoms with Gasteiger partial charge in [-0.1, -0.05) is 12.1 Å². The first-order valence-corrected chi connectivity index (χ1v) is 14.0. The van der Waals surface area contributed by atoms with Gasteiger partial charge < -0.3 is 15.0 Å². The van der Waals surface area contributed by atoms with Gasteiger partial charge in [-0.15, -0.1) is 0 Å². The molecule has 2 bridgehead atoms. The Hall–Kier alpha value is -3.07. The highest BCUT2D eigenvalue weighted by atomic mass is 19.1. The van der Waals surface area contributed by atoms with Crippen molar-refractivity contribution in [1.82, 2.24) is 19.9 Å². The number of benzene rings is 1. The van der Waals surface area contributed by atoms with Crippen molar-refractivity contribution in [3.05, 3.63) is 36.0 Å². The molecule has 3 saturated heterocycles. The largest absolute Gasteiger partial charge is 0.461 e. The summed E-state index contributed by atoms with van der Waals surface area (Å²) < 4.78 is 37.1. The third-order valence-electron chi connectivity index (χ3n) is 9.35. The van der Waals surface area contributed by atoms with Crippen LogP contribution in [0.5, 0.6) is 6.01 Å². The molecule has 0 spiro atoms. The fraction of sp³-hybridized carbons (Fsp3) is 0.552. The van der Waals surface area contributed by atoms with E-state index in [2.05, 4.69) is 25.1 Å². The predicted octanol–water partition coefficient (Wildman–Crippen LogP) is 5.26. The lowest BCUT2D eigenvalue weighted by Gasteiger charge is -2.34. The minimum Gasteiger partial charge on any atom is -0.461 e. The molecule has 9 heteroatoms. The number of hydrogen-bond donors (Lipinski definition) is 1. The predicted molar refractivity (Wildman–Crippen MR) is 144 cm³/mol. The van der Waals surface area contributed by atoms with Crippen molar-refractivity contribution >= 4 is 22.4 Å². The number of fused-ring (bicyclic) bond motifs is 4. The summed E-state index contributed by atoms with van der Waals surface area (Å²) in [5, 5.41) is 3.42. The zero-order valence-corrected chi connectivity index (χ0v) is 21.8. The number of halogens is 2. The van der Waals surface area contributed by atoms with Gasteiger partial charge in [0, 0.05) is 31.9 Å². The van der Waals surface area contributed by atoms with Gasteiger partial charge in [0.2, 0.25) is 0 Å². The Morgan fingerprint density at radius 3 is 2.58 bits per heavy atom. The topological polar surface area (TPSA) is 66.4 Å². The summed E-state index contributed by atoms with van der Waals surface area (Å²) in [6, 6.07) is 4.79. The van der Waals surface area contributed by atoms with Gasteiger partial charge in [0.15, 0.2) is 5.82 Å². The maximum absolute atomic E-state index is 16.3. The highest BCUT2D eigenvalue weighted by molar-refractivity contribution is 5.93. The monoisotopic (exact) mass is 520 g/mol. The molecule has 1 aromatic carbocycles. The zero-order chi connectivity index (χ0) is 25.9. The van der Waals surface area contributed by atoms with Crippen LogP contribution in [0.2, 0.25) is 0 Å². The number of pyridine rings is 1. The van der Waals surface area contributed by atoms with Crippen LogP contribution in [0.3, 0.4) is 0 Å². The van der Waals surface area contributed by atoms with Gasteiger partial charge in [0.05, 0.1) is 16.6 Å². The van der Waals surface area contributed by atoms with Crippen molar-refractivity contribution in [3.63, 3.8) is 0 Å². The molecule has 4 aliphatic rings. The van der Waals surface area contributed by atoms with Crippen LogP contribution in [-0.2, 0) is 0 Å². The molecule has 7 nitrogen and oxygen atoms in total. The van der Waals surface area contributed by atoms with E-state index in [0.717, 1.165) is 39.0 Å². The fourth-order valence-corrected chi connectivity index (χ4v) is 7.53. The lowest BCUT2D eigenvalue weighted by molar-refractivity contribution is 0.108. The third-order valence-corrected chi connectivity index (χ3v) is 9.35. The highest BCUT2D eigenvalue weighted by Crippen LogP contribution is 2.42. The number of aromatic nitrogens is 3. The van der Waals surface area contributed by atoms with E-state index >= 15 is 4.39 Å². The van der Waals surface area contributed by atoms with Crippen LogP contribution in [0, 0.1) is 23.5 Å². The van der Waals surface area contributed by atoms with Crippen LogP contribution < -0.4 is 15.0 Å². The van der Waals surface area contributed by atoms with Gasteiger partial charge in [-0.2, -0.15) is 9.97 Å². The molecular formula is C29H34F2N6O. The summed E-state index contributed by atoms with van der Waals surface area (Å²) in [7, 11) is 1.62. The first kappa shape index (κ1) is 24.0. The molecule has 3 aromatic rings. The molecule has 1 saturated carbocycles. The maximum atomic E-state index is 16.3. The third kappa shape index (κ3) is 3.89. The van der Waals surface area contributed by atoms with Gasteiger partial charge >= 0.3 is 6.01 Å². The maximum Gasteiger partial charge on any atom is 0.319 e. The molecule has 4 fully saturated rings. The van der Waals surface area contributed by atoms with Crippen molar-refractivity contribution in [2.24, 2.45) is 11.8 Å². The molecule has 1 N–H and O–H groups in total. The molecule has 200 valence electrons. The zero-order valence-electron chi connectivity index (χ0n) is 21.8. The molecule has 3 aliphatic heterocycles. The summed E-state index contributed by atoms with van der Waals surface area (Å²) in [4.78, 5) is 18.8. The molecular weight excluding hydrogens is 486 g/mol. The quantitative estimate of drug-likeness (QED) is 0.476. The SMILES string of the molecule is CNc1c(F)cccc1-c1ncc2c(N3CC4CCC(C4)C3)nc(OCC34CCCN3CCC4)nc2c1F. The number of hydrogen-bond acceptors (Lipinski definition) is 7. The van der Waals surface area contributed by atoms with Gasteiger partial charge in [-0.3, -0.25) is 9.88 Å². The lowest BCUT2D eigenvalue weighted by atomic mass is 9.95. The van der Waals surface area contributed by atoms with Crippen molar-refractivity contribution in [2.45, 2.75) is 50.5 Å². The molecule has 0 amide bonds. The molecule has 38 heavy (non-hydrogen) atoms. The first-order valence-electron chi connectivity index (χ1n) is 14.0. The molecule has 2 atom stereocenters. The van der Waals surface area contributed by atoms with Gasteiger partial charge in [0.1, 0.15) is 29.5 Å². The van der Waals surface area contributed by atoms with Crippen LogP contribution >= 0.6 is 0 Å². The Kier molecular flexibility index (Phi) is 5.87. The summed E-state index contributed by atoms with van der Waals surface area (Å²) in [6.45, 7) is 4.52. The van der Waals surface area contributed by atoms with Crippen LogP contribution in [-0.4, -0.2) is 65.2 Å². The summed E-state index contributed by atoms with van der Waals surface area (Å²) in [5.41, 5.74) is 0.835. The smallest absolute Gasteiger partial charge is 0.319 e. The van der Waals surface area contributed by atoms with Gasteiger partial charge in [0.25, 0.3) is 0 Å². The Labute approximate surface area is 221 Å². The Morgan fingerprint density at radius 2 is 1.84 bits per heavy atom. The second-order valence-electron chi connectivity index (χ2n) is 11.6. The number of rotatable bonds is 6. The van der Waals surface area contributed by atoms with Gasteiger partial charge in [-0.25, -0.2) is 8.78 Å². The Balaban J connectivity index is 1.32. The second-order valence-corrected chi connectivity index (χ2v) is 11.6. The minimum absolute atomic E-state index is 0.0356. The highest BCUT2D eigenvalue weighted by Gasteiger charge is 2.45. The average molecular weight is 521 g/mol. The molecule has 2 unspecified atom stereocenters. The summed E-state index contributed by atoms with van der Waals surface area (Å²) >= 11 is 0. The van der Waals surface area contributed by atoms with Crippen LogP contribution in [0.1, 0.15) is 44.9 Å². The standard InChI is InChI=1S/C29H34F2N6O/c1-32-24-20(5-2-6-22(24)30)25-23(31)26-21(14-33-25)27(36-15-18-7-8-19(13-18)16-36)35-28(34-26)38-17-29-9-3-11-37(29)12-4-10-29/h2,5-6,14,18-19,32H,3-4,7-13,15-17H2,1H3. The van der Waals surface area contributed by atoms with E-state index in [1.54, 1.807) is 25.4 Å². The lowest BCUT2D eigenvalue weighted by Crippen LogP contribution is -2.43. The Bertz CT molecular complexity index is 1360. The van der Waals surface area contributed by atoms with Crippen LogP contribution in [0.4, 0.5) is 20.3 Å². The van der Waals surface area contributed by atoms with E-state index < -0.39 is 11.6 Å². The van der Waals surface area contributed by atoms with Crippen molar-refractivity contribution in [3.8, 4) is 17.3 Å². The van der Waals surface area contributed by atoms with E-state index in [9.17, 15) is 4.39 Å². The molecule has 5 heterocycles. The summed E-state index contributed by atoms with van der Waals surface area (Å²) in [6.07, 6.45) is 9.93. The number of nitrogens with zero attached hydrogens (tertiary/aromatic N) is 5. The molecule has 0 radical (unpaired) electrons. The van der Waals surface area contributed by atoms with Crippen LogP contribution in [0.15, 0.2) is 24.4 Å². The van der Waals surface area contributed by atoms with Gasteiger partial charge in [-0.05, 0) is 75.9 Å². The van der Waals surface area contributed by atoms with E-state index in [0.29, 0.717) is 35.2 Å². The minimum atomic E-state index is -0.584. The van der Waals surface area contributed by atoms with E-state index in [1.807, 2.05) is 0 Å². The molecule has 7 rings (SSSR count). The normalized spacial score (nSPS) is 24.2. The number of nitrogens with one attached hydrogen (secondary N) is 1.